The van der Waals surface area contributed by atoms with Crippen molar-refractivity contribution in [3.63, 3.8) is 0 Å². The van der Waals surface area contributed by atoms with Crippen molar-refractivity contribution in [2.45, 2.75) is 6.92 Å². The second kappa shape index (κ2) is 6.07. The zero-order chi connectivity index (χ0) is 15.7. The second-order valence-electron chi connectivity index (χ2n) is 4.89. The Morgan fingerprint density at radius 3 is 2.36 bits per heavy atom. The minimum absolute atomic E-state index is 0.130. The van der Waals surface area contributed by atoms with Gasteiger partial charge in [-0.2, -0.15) is 10.1 Å². The van der Waals surface area contributed by atoms with E-state index in [2.05, 4.69) is 21.0 Å². The van der Waals surface area contributed by atoms with E-state index < -0.39 is 0 Å². The number of carbonyl (C=O) groups excluding carboxylic acids is 1. The average Bonchev–Trinajstić information content (AvgIpc) is 2.78. The topological polar surface area (TPSA) is 32.7 Å². The summed E-state index contributed by atoms with van der Waals surface area (Å²) in [6, 6.07) is 14.8. The second-order valence-corrected chi connectivity index (χ2v) is 6.24. The predicted molar refractivity (Wildman–Crippen MR) is 94.2 cm³/mol. The number of benzene rings is 2. The van der Waals surface area contributed by atoms with Crippen molar-refractivity contribution in [3.05, 3.63) is 69.2 Å². The molecule has 0 N–H and O–H groups in total. The van der Waals surface area contributed by atoms with Crippen LogP contribution in [0.3, 0.4) is 0 Å². The number of hydrogen-bond donors (Lipinski definition) is 0. The van der Waals surface area contributed by atoms with E-state index >= 15 is 0 Å². The number of hydrogen-bond acceptors (Lipinski definition) is 2. The molecule has 0 saturated carbocycles. The van der Waals surface area contributed by atoms with E-state index in [0.717, 1.165) is 15.7 Å². The van der Waals surface area contributed by atoms with Gasteiger partial charge in [-0.25, -0.2) is 0 Å². The highest BCUT2D eigenvalue weighted by Gasteiger charge is 2.28. The summed E-state index contributed by atoms with van der Waals surface area (Å²) in [6.07, 6.45) is 1.83. The van der Waals surface area contributed by atoms with Gasteiger partial charge in [0, 0.05) is 9.50 Å². The molecule has 5 heteroatoms. The molecule has 0 aromatic heterocycles. The Balaban J connectivity index is 1.92. The molecule has 1 aliphatic heterocycles. The molecule has 0 spiro atoms. The van der Waals surface area contributed by atoms with Gasteiger partial charge in [0.05, 0.1) is 17.0 Å². The molecule has 0 aliphatic carbocycles. The summed E-state index contributed by atoms with van der Waals surface area (Å²) in [6.45, 7) is 1.83. The molecule has 1 heterocycles. The van der Waals surface area contributed by atoms with E-state index in [4.69, 9.17) is 11.6 Å². The van der Waals surface area contributed by atoms with Crippen LogP contribution in [0.2, 0.25) is 5.02 Å². The zero-order valence-corrected chi connectivity index (χ0v) is 14.1. The van der Waals surface area contributed by atoms with E-state index in [-0.39, 0.29) is 5.91 Å². The van der Waals surface area contributed by atoms with Crippen LogP contribution in [0.25, 0.3) is 6.08 Å². The molecule has 1 amide bonds. The summed E-state index contributed by atoms with van der Waals surface area (Å²) in [5.74, 6) is -0.130. The van der Waals surface area contributed by atoms with Crippen LogP contribution in [0.15, 0.2) is 63.7 Å². The number of nitrogens with zero attached hydrogens (tertiary/aromatic N) is 2. The molecule has 22 heavy (non-hydrogen) atoms. The lowest BCUT2D eigenvalue weighted by Gasteiger charge is -2.11. The predicted octanol–water partition coefficient (Wildman–Crippen LogP) is 4.91. The Kier molecular flexibility index (Phi) is 4.14. The van der Waals surface area contributed by atoms with Crippen molar-refractivity contribution < 1.29 is 4.79 Å². The molecule has 2 aromatic rings. The molecule has 3 nitrogen and oxygen atoms in total. The van der Waals surface area contributed by atoms with Gasteiger partial charge in [-0.05, 0) is 55.0 Å². The van der Waals surface area contributed by atoms with E-state index in [0.29, 0.717) is 16.3 Å². The zero-order valence-electron chi connectivity index (χ0n) is 11.8. The smallest absolute Gasteiger partial charge is 0.267 e. The number of halogens is 2. The normalized spacial score (nSPS) is 16.3. The lowest BCUT2D eigenvalue weighted by atomic mass is 10.1. The SMILES string of the molecule is CC1=NN(c2ccc(Br)cc2)C(=O)/C1=C/c1ccc(Cl)cc1. The summed E-state index contributed by atoms with van der Waals surface area (Å²) < 4.78 is 0.959. The quantitative estimate of drug-likeness (QED) is 0.687. The summed E-state index contributed by atoms with van der Waals surface area (Å²) >= 11 is 9.26. The number of hydrazone groups is 1. The molecule has 0 bridgehead atoms. The maximum atomic E-state index is 12.6. The van der Waals surface area contributed by atoms with Gasteiger partial charge in [-0.1, -0.05) is 39.7 Å². The Morgan fingerprint density at radius 2 is 1.73 bits per heavy atom. The first-order valence-electron chi connectivity index (χ1n) is 6.67. The first kappa shape index (κ1) is 15.0. The number of anilines is 1. The molecular formula is C17H12BrClN2O. The maximum Gasteiger partial charge on any atom is 0.280 e. The third-order valence-corrected chi connectivity index (χ3v) is 4.10. The van der Waals surface area contributed by atoms with Gasteiger partial charge in [-0.3, -0.25) is 4.79 Å². The van der Waals surface area contributed by atoms with Crippen LogP contribution >= 0.6 is 27.5 Å². The van der Waals surface area contributed by atoms with Crippen molar-refractivity contribution >= 4 is 50.9 Å². The third kappa shape index (κ3) is 2.98. The van der Waals surface area contributed by atoms with Gasteiger partial charge in [0.2, 0.25) is 0 Å². The summed E-state index contributed by atoms with van der Waals surface area (Å²) in [7, 11) is 0. The molecular weight excluding hydrogens is 364 g/mol. The van der Waals surface area contributed by atoms with E-state index in [1.807, 2.05) is 49.4 Å². The van der Waals surface area contributed by atoms with Gasteiger partial charge < -0.3 is 0 Å². The lowest BCUT2D eigenvalue weighted by molar-refractivity contribution is -0.114. The number of rotatable bonds is 2. The standard InChI is InChI=1S/C17H12BrClN2O/c1-11-16(10-12-2-6-14(19)7-3-12)17(22)21(20-11)15-8-4-13(18)5-9-15/h2-10H,1H3/b16-10+. The van der Waals surface area contributed by atoms with Gasteiger partial charge in [0.1, 0.15) is 0 Å². The molecule has 0 radical (unpaired) electrons. The monoisotopic (exact) mass is 374 g/mol. The Bertz CT molecular complexity index is 779. The maximum absolute atomic E-state index is 12.6. The highest BCUT2D eigenvalue weighted by molar-refractivity contribution is 9.10. The molecule has 2 aromatic carbocycles. The van der Waals surface area contributed by atoms with Crippen molar-refractivity contribution in [2.75, 3.05) is 5.01 Å². The largest absolute Gasteiger partial charge is 0.280 e. The first-order valence-corrected chi connectivity index (χ1v) is 7.84. The first-order chi connectivity index (χ1) is 10.5. The summed E-state index contributed by atoms with van der Waals surface area (Å²) in [5, 5.41) is 6.44. The Hall–Kier alpha value is -1.91. The highest BCUT2D eigenvalue weighted by atomic mass is 79.9. The van der Waals surface area contributed by atoms with Crippen LogP contribution in [-0.4, -0.2) is 11.6 Å². The van der Waals surface area contributed by atoms with Gasteiger partial charge in [0.25, 0.3) is 5.91 Å². The van der Waals surface area contributed by atoms with Crippen molar-refractivity contribution in [1.29, 1.82) is 0 Å². The average molecular weight is 376 g/mol. The molecule has 0 atom stereocenters. The Morgan fingerprint density at radius 1 is 1.09 bits per heavy atom. The van der Waals surface area contributed by atoms with Crippen molar-refractivity contribution in [3.8, 4) is 0 Å². The molecule has 1 aliphatic rings. The van der Waals surface area contributed by atoms with E-state index in [1.165, 1.54) is 5.01 Å². The van der Waals surface area contributed by atoms with E-state index in [9.17, 15) is 4.79 Å². The van der Waals surface area contributed by atoms with Crippen LogP contribution in [0, 0.1) is 0 Å². The molecule has 0 unspecified atom stereocenters. The van der Waals surface area contributed by atoms with Crippen LogP contribution in [0.5, 0.6) is 0 Å². The van der Waals surface area contributed by atoms with Crippen LogP contribution < -0.4 is 5.01 Å². The lowest BCUT2D eigenvalue weighted by Crippen LogP contribution is -2.21. The fraction of sp³-hybridized carbons (Fsp3) is 0.0588. The van der Waals surface area contributed by atoms with Crippen LogP contribution in [0.4, 0.5) is 5.69 Å². The summed E-state index contributed by atoms with van der Waals surface area (Å²) in [5.41, 5.74) is 2.94. The van der Waals surface area contributed by atoms with Crippen LogP contribution in [0.1, 0.15) is 12.5 Å². The van der Waals surface area contributed by atoms with Gasteiger partial charge in [0.15, 0.2) is 0 Å². The molecule has 3 rings (SSSR count). The minimum Gasteiger partial charge on any atom is -0.267 e. The minimum atomic E-state index is -0.130. The number of carbonyl (C=O) groups is 1. The third-order valence-electron chi connectivity index (χ3n) is 3.31. The van der Waals surface area contributed by atoms with Gasteiger partial charge in [-0.15, -0.1) is 0 Å². The fourth-order valence-corrected chi connectivity index (χ4v) is 2.56. The summed E-state index contributed by atoms with van der Waals surface area (Å²) in [4.78, 5) is 12.6. The number of amides is 1. The van der Waals surface area contributed by atoms with Crippen molar-refractivity contribution in [1.82, 2.24) is 0 Å². The van der Waals surface area contributed by atoms with Crippen molar-refractivity contribution in [2.24, 2.45) is 5.10 Å². The fourth-order valence-electron chi connectivity index (χ4n) is 2.17. The highest BCUT2D eigenvalue weighted by Crippen LogP contribution is 2.26. The van der Waals surface area contributed by atoms with Crippen LogP contribution in [-0.2, 0) is 4.79 Å². The molecule has 0 saturated heterocycles. The Labute approximate surface area is 142 Å². The molecule has 110 valence electrons. The van der Waals surface area contributed by atoms with Gasteiger partial charge >= 0.3 is 0 Å². The molecule has 0 fully saturated rings. The van der Waals surface area contributed by atoms with E-state index in [1.54, 1.807) is 12.1 Å².